The first-order valence-electron chi connectivity index (χ1n) is 11.9. The number of benzene rings is 2. The Balaban J connectivity index is 1.86. The van der Waals surface area contributed by atoms with Gasteiger partial charge in [-0.25, -0.2) is 18.6 Å². The summed E-state index contributed by atoms with van der Waals surface area (Å²) >= 11 is 0. The summed E-state index contributed by atoms with van der Waals surface area (Å²) in [7, 11) is 0. The topological polar surface area (TPSA) is 96.0 Å². The average molecular weight is 497 g/mol. The third-order valence-corrected chi connectivity index (χ3v) is 6.57. The Morgan fingerprint density at radius 1 is 1.11 bits per heavy atom. The number of halogens is 2. The van der Waals surface area contributed by atoms with E-state index in [0.717, 1.165) is 43.2 Å². The predicted octanol–water partition coefficient (Wildman–Crippen LogP) is 6.03. The van der Waals surface area contributed by atoms with Gasteiger partial charge in [-0.1, -0.05) is 6.42 Å². The van der Waals surface area contributed by atoms with Crippen molar-refractivity contribution in [3.63, 3.8) is 0 Å². The molecule has 1 aliphatic heterocycles. The lowest BCUT2D eigenvalue weighted by atomic mass is 9.88. The molecule has 1 saturated heterocycles. The molecule has 3 heterocycles. The number of pyridine rings is 1. The number of ether oxygens (including phenoxy) is 1. The molecule has 0 amide bonds. The number of piperidine rings is 1. The summed E-state index contributed by atoms with van der Waals surface area (Å²) in [4.78, 5) is 18.6. The van der Waals surface area contributed by atoms with Crippen LogP contribution in [0.3, 0.4) is 0 Å². The van der Waals surface area contributed by atoms with Gasteiger partial charge in [-0.2, -0.15) is 0 Å². The molecule has 2 aromatic carbocycles. The molecule has 9 heteroatoms. The number of carbonyl (C=O) groups is 1. The lowest BCUT2D eigenvalue weighted by Gasteiger charge is -2.36. The average Bonchev–Trinajstić information content (AvgIpc) is 3.28. The molecule has 0 saturated carbocycles. The van der Waals surface area contributed by atoms with Gasteiger partial charge < -0.3 is 19.4 Å². The summed E-state index contributed by atoms with van der Waals surface area (Å²) in [5, 5.41) is 21.8. The number of aromatic carboxylic acids is 1. The van der Waals surface area contributed by atoms with E-state index < -0.39 is 23.6 Å². The molecule has 5 rings (SSSR count). The zero-order valence-electron chi connectivity index (χ0n) is 19.9. The molecule has 0 radical (unpaired) electrons. The summed E-state index contributed by atoms with van der Waals surface area (Å²) in [5.41, 5.74) is 0.886. The number of aromatic hydroxyl groups is 1. The van der Waals surface area contributed by atoms with Crippen LogP contribution in [0.5, 0.6) is 11.6 Å². The number of carboxylic acid groups (broad SMARTS) is 1. The van der Waals surface area contributed by atoms with E-state index in [1.165, 1.54) is 0 Å². The first kappa shape index (κ1) is 24.0. The molecule has 188 valence electrons. The quantitative estimate of drug-likeness (QED) is 0.337. The minimum atomic E-state index is -1.26. The number of phenolic OH excluding ortho intramolecular Hbond substituents is 1. The highest BCUT2D eigenvalue weighted by Crippen LogP contribution is 2.47. The molecule has 0 aliphatic carbocycles. The normalized spacial score (nSPS) is 15.6. The van der Waals surface area contributed by atoms with Crippen LogP contribution in [-0.2, 0) is 0 Å². The number of phenols is 1. The van der Waals surface area contributed by atoms with Crippen molar-refractivity contribution in [1.29, 1.82) is 0 Å². The largest absolute Gasteiger partial charge is 0.507 e. The van der Waals surface area contributed by atoms with E-state index in [1.807, 2.05) is 13.8 Å². The molecule has 7 nitrogen and oxygen atoms in total. The van der Waals surface area contributed by atoms with Crippen LogP contribution in [0.25, 0.3) is 21.7 Å². The van der Waals surface area contributed by atoms with E-state index in [9.17, 15) is 23.8 Å². The molecular weight excluding hydrogens is 470 g/mol. The summed E-state index contributed by atoms with van der Waals surface area (Å²) in [5.74, 6) is -3.44. The lowest BCUT2D eigenvalue weighted by Crippen LogP contribution is -2.34. The van der Waals surface area contributed by atoms with E-state index in [1.54, 1.807) is 18.3 Å². The van der Waals surface area contributed by atoms with Crippen molar-refractivity contribution < 1.29 is 32.9 Å². The maximum absolute atomic E-state index is 14.3. The molecule has 1 atom stereocenters. The Morgan fingerprint density at radius 3 is 2.47 bits per heavy atom. The fraction of sp³-hybridized carbons (Fsp3) is 0.333. The van der Waals surface area contributed by atoms with Crippen molar-refractivity contribution in [2.45, 2.75) is 45.3 Å². The number of nitrogens with zero attached hydrogens (tertiary/aromatic N) is 2. The number of likely N-dealkylation sites (tertiary alicyclic amines) is 1. The second-order valence-electron chi connectivity index (χ2n) is 9.33. The van der Waals surface area contributed by atoms with Crippen LogP contribution in [0.15, 0.2) is 41.1 Å². The summed E-state index contributed by atoms with van der Waals surface area (Å²) in [6.07, 6.45) is 5.45. The third-order valence-electron chi connectivity index (χ3n) is 6.57. The van der Waals surface area contributed by atoms with Gasteiger partial charge in [0.2, 0.25) is 5.88 Å². The highest BCUT2D eigenvalue weighted by Gasteiger charge is 2.33. The maximum Gasteiger partial charge on any atom is 0.339 e. The molecule has 1 aliphatic rings. The Kier molecular flexibility index (Phi) is 6.26. The van der Waals surface area contributed by atoms with Gasteiger partial charge >= 0.3 is 5.97 Å². The molecule has 2 aromatic heterocycles. The van der Waals surface area contributed by atoms with E-state index in [4.69, 9.17) is 9.15 Å². The molecule has 0 bridgehead atoms. The maximum atomic E-state index is 14.3. The smallest absolute Gasteiger partial charge is 0.339 e. The van der Waals surface area contributed by atoms with Crippen LogP contribution >= 0.6 is 0 Å². The van der Waals surface area contributed by atoms with Gasteiger partial charge in [0.1, 0.15) is 23.2 Å². The Morgan fingerprint density at radius 2 is 1.81 bits per heavy atom. The Hall–Kier alpha value is -3.72. The van der Waals surface area contributed by atoms with Crippen LogP contribution in [0, 0.1) is 11.6 Å². The van der Waals surface area contributed by atoms with Crippen molar-refractivity contribution in [1.82, 2.24) is 9.88 Å². The predicted molar refractivity (Wildman–Crippen MR) is 130 cm³/mol. The fourth-order valence-electron chi connectivity index (χ4n) is 5.08. The van der Waals surface area contributed by atoms with Crippen LogP contribution in [0.4, 0.5) is 8.78 Å². The third kappa shape index (κ3) is 4.13. The van der Waals surface area contributed by atoms with E-state index in [0.29, 0.717) is 19.0 Å². The highest BCUT2D eigenvalue weighted by atomic mass is 19.2. The van der Waals surface area contributed by atoms with Gasteiger partial charge in [0.15, 0.2) is 11.6 Å². The van der Waals surface area contributed by atoms with E-state index >= 15 is 0 Å². The van der Waals surface area contributed by atoms with Gasteiger partial charge in [-0.3, -0.25) is 4.90 Å². The van der Waals surface area contributed by atoms with Crippen molar-refractivity contribution in [2.75, 3.05) is 13.1 Å². The summed E-state index contributed by atoms with van der Waals surface area (Å²) in [6.45, 7) is 5.16. The van der Waals surface area contributed by atoms with Gasteiger partial charge in [0, 0.05) is 34.0 Å². The number of hydrogen-bond donors (Lipinski definition) is 2. The highest BCUT2D eigenvalue weighted by molar-refractivity contribution is 6.15. The number of furan rings is 1. The standard InChI is InChI=1S/C27H26F2N2O5/c1-14(2)36-21-10-15(6-7-30-21)24(31-8-4-3-5-9-31)23-22-18(27(33)34)13-35-26(22)17-12-20(29)19(28)11-16(17)25(23)32/h6-7,10-14,24,32H,3-5,8-9H2,1-2H3,(H,33,34). The monoisotopic (exact) mass is 496 g/mol. The Bertz CT molecular complexity index is 1460. The van der Waals surface area contributed by atoms with Crippen molar-refractivity contribution >= 4 is 27.7 Å². The van der Waals surface area contributed by atoms with E-state index in [-0.39, 0.29) is 44.7 Å². The van der Waals surface area contributed by atoms with Crippen LogP contribution in [0.1, 0.15) is 60.6 Å². The number of hydrogen-bond acceptors (Lipinski definition) is 6. The van der Waals surface area contributed by atoms with E-state index in [2.05, 4.69) is 9.88 Å². The van der Waals surface area contributed by atoms with Crippen LogP contribution in [0.2, 0.25) is 0 Å². The lowest BCUT2D eigenvalue weighted by molar-refractivity contribution is 0.0697. The molecule has 1 unspecified atom stereocenters. The zero-order valence-corrected chi connectivity index (χ0v) is 19.9. The van der Waals surface area contributed by atoms with Gasteiger partial charge in [0.05, 0.1) is 12.1 Å². The molecule has 0 spiro atoms. The van der Waals surface area contributed by atoms with Gasteiger partial charge in [-0.05, 0) is 63.5 Å². The molecule has 36 heavy (non-hydrogen) atoms. The zero-order chi connectivity index (χ0) is 25.6. The minimum Gasteiger partial charge on any atom is -0.507 e. The van der Waals surface area contributed by atoms with Crippen molar-refractivity contribution in [3.05, 3.63) is 65.1 Å². The van der Waals surface area contributed by atoms with Crippen LogP contribution < -0.4 is 4.74 Å². The van der Waals surface area contributed by atoms with Gasteiger partial charge in [-0.15, -0.1) is 0 Å². The first-order valence-corrected chi connectivity index (χ1v) is 11.9. The molecule has 2 N–H and O–H groups in total. The van der Waals surface area contributed by atoms with Crippen molar-refractivity contribution in [2.24, 2.45) is 0 Å². The van der Waals surface area contributed by atoms with Gasteiger partial charge in [0.25, 0.3) is 0 Å². The summed E-state index contributed by atoms with van der Waals surface area (Å²) in [6, 6.07) is 4.77. The number of rotatable bonds is 6. The summed E-state index contributed by atoms with van der Waals surface area (Å²) < 4.78 is 39.9. The number of carboxylic acids is 1. The molecular formula is C27H26F2N2O5. The second kappa shape index (κ2) is 9.39. The Labute approximate surface area is 205 Å². The molecule has 4 aromatic rings. The number of aromatic nitrogens is 1. The molecule has 1 fully saturated rings. The fourth-order valence-corrected chi connectivity index (χ4v) is 5.08. The SMILES string of the molecule is CC(C)Oc1cc(C(c2c(O)c3cc(F)c(F)cc3c3occ(C(=O)O)c23)N2CCCCC2)ccn1. The first-order chi connectivity index (χ1) is 17.3. The van der Waals surface area contributed by atoms with Crippen molar-refractivity contribution in [3.8, 4) is 11.6 Å². The minimum absolute atomic E-state index is 0.0393. The number of fused-ring (bicyclic) bond motifs is 3. The van der Waals surface area contributed by atoms with Crippen LogP contribution in [-0.4, -0.2) is 45.3 Å². The second-order valence-corrected chi connectivity index (χ2v) is 9.33.